The van der Waals surface area contributed by atoms with Crippen molar-refractivity contribution in [1.29, 1.82) is 0 Å². The van der Waals surface area contributed by atoms with E-state index in [9.17, 15) is 4.79 Å². The molecule has 0 aromatic rings. The number of nitrogens with zero attached hydrogens (tertiary/aromatic N) is 1. The Bertz CT molecular complexity index is 264. The number of carbonyl (C=O) groups excluding carboxylic acids is 1. The van der Waals surface area contributed by atoms with Gasteiger partial charge in [0.1, 0.15) is 0 Å². The monoisotopic (exact) mass is 177 g/mol. The Kier molecular flexibility index (Phi) is 1.38. The van der Waals surface area contributed by atoms with E-state index in [0.717, 1.165) is 36.8 Å². The number of likely N-dealkylation sites (tertiary alicyclic amines) is 1. The minimum atomic E-state index is 0.258. The number of amides is 1. The average Bonchev–Trinajstić information content (AvgIpc) is 2.76. The Hall–Kier alpha value is -0.790. The van der Waals surface area contributed by atoms with Gasteiger partial charge in [-0.05, 0) is 30.1 Å². The van der Waals surface area contributed by atoms with E-state index in [1.807, 2.05) is 4.90 Å². The number of rotatable bonds is 0. The molecule has 0 aromatic heterocycles. The fraction of sp³-hybridized carbons (Fsp3) is 0.727. The first kappa shape index (κ1) is 7.60. The molecule has 0 radical (unpaired) electrons. The van der Waals surface area contributed by atoms with Gasteiger partial charge in [0.05, 0.1) is 0 Å². The van der Waals surface area contributed by atoms with Crippen LogP contribution in [-0.4, -0.2) is 23.9 Å². The number of hydrogen-bond acceptors (Lipinski definition) is 1. The normalized spacial score (nSPS) is 45.8. The summed E-state index contributed by atoms with van der Waals surface area (Å²) in [6.07, 6.45) is 6.10. The van der Waals surface area contributed by atoms with Crippen LogP contribution in [0.25, 0.3) is 0 Å². The summed E-state index contributed by atoms with van der Waals surface area (Å²) in [6.45, 7) is 3.73. The van der Waals surface area contributed by atoms with Gasteiger partial charge in [-0.15, -0.1) is 0 Å². The van der Waals surface area contributed by atoms with Crippen molar-refractivity contribution in [1.82, 2.24) is 4.90 Å². The van der Waals surface area contributed by atoms with Crippen LogP contribution in [0.3, 0.4) is 0 Å². The van der Waals surface area contributed by atoms with E-state index in [4.69, 9.17) is 0 Å². The third-order valence-electron chi connectivity index (χ3n) is 4.11. The summed E-state index contributed by atoms with van der Waals surface area (Å²) in [5.74, 6) is 3.42. The number of allylic oxidation sites excluding steroid dienone is 2. The van der Waals surface area contributed by atoms with E-state index in [0.29, 0.717) is 0 Å². The largest absolute Gasteiger partial charge is 0.342 e. The van der Waals surface area contributed by atoms with Crippen LogP contribution in [0.5, 0.6) is 0 Å². The topological polar surface area (TPSA) is 20.3 Å². The molecule has 3 rings (SSSR count). The molecule has 2 aliphatic carbocycles. The maximum absolute atomic E-state index is 11.2. The summed E-state index contributed by atoms with van der Waals surface area (Å²) in [5.41, 5.74) is 0. The molecule has 1 heterocycles. The van der Waals surface area contributed by atoms with Crippen molar-refractivity contribution in [3.8, 4) is 0 Å². The van der Waals surface area contributed by atoms with Gasteiger partial charge in [-0.3, -0.25) is 4.79 Å². The van der Waals surface area contributed by atoms with Gasteiger partial charge < -0.3 is 4.90 Å². The van der Waals surface area contributed by atoms with Crippen LogP contribution in [0, 0.1) is 23.7 Å². The van der Waals surface area contributed by atoms with Gasteiger partial charge in [-0.25, -0.2) is 0 Å². The smallest absolute Gasteiger partial charge is 0.219 e. The van der Waals surface area contributed by atoms with Gasteiger partial charge in [0, 0.05) is 20.0 Å². The zero-order chi connectivity index (χ0) is 9.00. The average molecular weight is 177 g/mol. The predicted molar refractivity (Wildman–Crippen MR) is 50.0 cm³/mol. The van der Waals surface area contributed by atoms with E-state index < -0.39 is 0 Å². The molecule has 2 heteroatoms. The van der Waals surface area contributed by atoms with Crippen LogP contribution in [-0.2, 0) is 4.79 Å². The van der Waals surface area contributed by atoms with Crippen LogP contribution in [0.15, 0.2) is 12.2 Å². The van der Waals surface area contributed by atoms with Crippen molar-refractivity contribution >= 4 is 5.91 Å². The zero-order valence-electron chi connectivity index (χ0n) is 7.94. The molecule has 0 spiro atoms. The summed E-state index contributed by atoms with van der Waals surface area (Å²) in [5, 5.41) is 0. The Labute approximate surface area is 78.6 Å². The van der Waals surface area contributed by atoms with Gasteiger partial charge in [0.2, 0.25) is 5.91 Å². The van der Waals surface area contributed by atoms with Gasteiger partial charge in [0.15, 0.2) is 0 Å². The van der Waals surface area contributed by atoms with Crippen LogP contribution >= 0.6 is 0 Å². The lowest BCUT2D eigenvalue weighted by molar-refractivity contribution is -0.128. The van der Waals surface area contributed by atoms with Crippen molar-refractivity contribution in [2.45, 2.75) is 13.3 Å². The van der Waals surface area contributed by atoms with Crippen molar-refractivity contribution in [3.63, 3.8) is 0 Å². The molecule has 2 bridgehead atoms. The van der Waals surface area contributed by atoms with Crippen LogP contribution in [0.4, 0.5) is 0 Å². The van der Waals surface area contributed by atoms with Crippen LogP contribution < -0.4 is 0 Å². The molecular weight excluding hydrogens is 162 g/mol. The Morgan fingerprint density at radius 3 is 2.23 bits per heavy atom. The van der Waals surface area contributed by atoms with E-state index in [1.54, 1.807) is 6.92 Å². The van der Waals surface area contributed by atoms with Crippen molar-refractivity contribution < 1.29 is 4.79 Å². The second-order valence-electron chi connectivity index (χ2n) is 4.70. The van der Waals surface area contributed by atoms with Gasteiger partial charge in [0.25, 0.3) is 0 Å². The molecule has 0 aromatic carbocycles. The first-order valence-electron chi connectivity index (χ1n) is 5.19. The number of hydrogen-bond donors (Lipinski definition) is 0. The first-order valence-corrected chi connectivity index (χ1v) is 5.19. The fourth-order valence-electron chi connectivity index (χ4n) is 3.41. The second kappa shape index (κ2) is 2.37. The van der Waals surface area contributed by atoms with Crippen LogP contribution in [0.1, 0.15) is 13.3 Å². The lowest BCUT2D eigenvalue weighted by Gasteiger charge is -2.17. The lowest BCUT2D eigenvalue weighted by Crippen LogP contribution is -2.27. The molecule has 1 amide bonds. The van der Waals surface area contributed by atoms with E-state index in [1.165, 1.54) is 6.42 Å². The molecule has 2 nitrogen and oxygen atoms in total. The van der Waals surface area contributed by atoms with Gasteiger partial charge >= 0.3 is 0 Å². The molecule has 3 aliphatic rings. The predicted octanol–water partition coefficient (Wildman–Crippen LogP) is 1.29. The third kappa shape index (κ3) is 0.917. The standard InChI is InChI=1S/C11H15NO/c1-7(13)12-5-10-8-2-3-9(4-8)11(10)6-12/h2-3,8-11H,4-6H2,1H3. The highest BCUT2D eigenvalue weighted by Gasteiger charge is 2.49. The maximum Gasteiger partial charge on any atom is 0.219 e. The molecule has 4 atom stereocenters. The number of carbonyl (C=O) groups is 1. The molecule has 13 heavy (non-hydrogen) atoms. The van der Waals surface area contributed by atoms with E-state index in [-0.39, 0.29) is 5.91 Å². The van der Waals surface area contributed by atoms with Crippen molar-refractivity contribution in [2.75, 3.05) is 13.1 Å². The summed E-state index contributed by atoms with van der Waals surface area (Å²) in [4.78, 5) is 13.2. The molecule has 2 fully saturated rings. The highest BCUT2D eigenvalue weighted by atomic mass is 16.2. The quantitative estimate of drug-likeness (QED) is 0.510. The Morgan fingerprint density at radius 1 is 1.23 bits per heavy atom. The van der Waals surface area contributed by atoms with Gasteiger partial charge in [-0.1, -0.05) is 12.2 Å². The van der Waals surface area contributed by atoms with E-state index >= 15 is 0 Å². The second-order valence-corrected chi connectivity index (χ2v) is 4.70. The summed E-state index contributed by atoms with van der Waals surface area (Å²) >= 11 is 0. The molecule has 1 saturated carbocycles. The summed E-state index contributed by atoms with van der Waals surface area (Å²) in [7, 11) is 0. The minimum absolute atomic E-state index is 0.258. The zero-order valence-corrected chi connectivity index (χ0v) is 7.94. The van der Waals surface area contributed by atoms with Crippen molar-refractivity contribution in [3.05, 3.63) is 12.2 Å². The Balaban J connectivity index is 1.82. The molecule has 1 saturated heterocycles. The maximum atomic E-state index is 11.2. The lowest BCUT2D eigenvalue weighted by atomic mass is 9.86. The molecule has 1 aliphatic heterocycles. The SMILES string of the molecule is CC(=O)N1CC2C3C=CC(C3)C2C1. The Morgan fingerprint density at radius 2 is 1.77 bits per heavy atom. The minimum Gasteiger partial charge on any atom is -0.342 e. The molecule has 4 unspecified atom stereocenters. The third-order valence-corrected chi connectivity index (χ3v) is 4.11. The summed E-state index contributed by atoms with van der Waals surface area (Å²) < 4.78 is 0. The van der Waals surface area contributed by atoms with Crippen LogP contribution in [0.2, 0.25) is 0 Å². The first-order chi connectivity index (χ1) is 6.25. The molecule has 70 valence electrons. The highest BCUT2D eigenvalue weighted by Crippen LogP contribution is 2.51. The summed E-state index contributed by atoms with van der Waals surface area (Å²) in [6, 6.07) is 0. The fourth-order valence-corrected chi connectivity index (χ4v) is 3.41. The molecular formula is C11H15NO. The highest BCUT2D eigenvalue weighted by molar-refractivity contribution is 5.73. The van der Waals surface area contributed by atoms with Crippen molar-refractivity contribution in [2.24, 2.45) is 23.7 Å². The molecule has 0 N–H and O–H groups in total. The van der Waals surface area contributed by atoms with E-state index in [2.05, 4.69) is 12.2 Å². The number of fused-ring (bicyclic) bond motifs is 5. The van der Waals surface area contributed by atoms with Gasteiger partial charge in [-0.2, -0.15) is 0 Å².